The minimum absolute atomic E-state index is 0.0247. The highest BCUT2D eigenvalue weighted by atomic mass is 32.2. The quantitative estimate of drug-likeness (QED) is 0.630. The Balaban J connectivity index is 2.97. The highest BCUT2D eigenvalue weighted by molar-refractivity contribution is 8.01. The Bertz CT molecular complexity index is 426. The molecule has 0 aliphatic carbocycles. The number of carboxylic acid groups (broad SMARTS) is 1. The van der Waals surface area contributed by atoms with E-state index in [1.54, 1.807) is 6.92 Å². The first-order chi connectivity index (χ1) is 7.86. The molecule has 0 atom stereocenters. The third kappa shape index (κ3) is 3.48. The lowest BCUT2D eigenvalue weighted by Gasteiger charge is -2.13. The van der Waals surface area contributed by atoms with E-state index < -0.39 is 11.2 Å². The molecule has 7 heteroatoms. The van der Waals surface area contributed by atoms with Gasteiger partial charge < -0.3 is 15.6 Å². The maximum absolute atomic E-state index is 13.0. The van der Waals surface area contributed by atoms with Crippen LogP contribution in [0.5, 0.6) is 5.75 Å². The topological polar surface area (TPSA) is 72.5 Å². The predicted molar refractivity (Wildman–Crippen MR) is 60.5 cm³/mol. The van der Waals surface area contributed by atoms with Gasteiger partial charge in [0.05, 0.1) is 6.61 Å². The van der Waals surface area contributed by atoms with Crippen molar-refractivity contribution in [3.05, 3.63) is 18.2 Å². The van der Waals surface area contributed by atoms with Crippen LogP contribution in [0, 0.1) is 0 Å². The van der Waals surface area contributed by atoms with Crippen molar-refractivity contribution in [1.82, 2.24) is 0 Å². The number of anilines is 1. The fraction of sp³-hybridized carbons (Fsp3) is 0.300. The second-order valence-corrected chi connectivity index (χ2v) is 4.21. The lowest BCUT2D eigenvalue weighted by atomic mass is 10.3. The van der Waals surface area contributed by atoms with Crippen LogP contribution in [0.4, 0.5) is 14.5 Å². The number of thioether (sulfide) groups is 1. The van der Waals surface area contributed by atoms with Gasteiger partial charge in [-0.15, -0.1) is 0 Å². The molecule has 1 aromatic rings. The third-order valence-electron chi connectivity index (χ3n) is 1.78. The van der Waals surface area contributed by atoms with Gasteiger partial charge in [-0.3, -0.25) is 0 Å². The summed E-state index contributed by atoms with van der Waals surface area (Å²) in [5.74, 6) is -1.84. The van der Waals surface area contributed by atoms with Crippen LogP contribution < -0.4 is 10.5 Å². The Kier molecular flexibility index (Phi) is 4.17. The van der Waals surface area contributed by atoms with Crippen molar-refractivity contribution in [1.29, 1.82) is 0 Å². The molecule has 0 bridgehead atoms. The molecule has 0 spiro atoms. The molecule has 94 valence electrons. The lowest BCUT2D eigenvalue weighted by Crippen LogP contribution is -2.23. The van der Waals surface area contributed by atoms with Gasteiger partial charge in [0.1, 0.15) is 5.75 Å². The van der Waals surface area contributed by atoms with Crippen LogP contribution in [0.1, 0.15) is 6.92 Å². The summed E-state index contributed by atoms with van der Waals surface area (Å²) in [6.45, 7) is 2.12. The van der Waals surface area contributed by atoms with E-state index in [9.17, 15) is 13.6 Å². The zero-order chi connectivity index (χ0) is 13.1. The van der Waals surface area contributed by atoms with E-state index in [1.165, 1.54) is 18.2 Å². The van der Waals surface area contributed by atoms with Crippen LogP contribution in [0.3, 0.4) is 0 Å². The minimum atomic E-state index is -3.92. The average molecular weight is 263 g/mol. The van der Waals surface area contributed by atoms with Gasteiger partial charge in [-0.05, 0) is 36.9 Å². The Hall–Kier alpha value is -1.50. The summed E-state index contributed by atoms with van der Waals surface area (Å²) in [6, 6.07) is 4.22. The van der Waals surface area contributed by atoms with Crippen molar-refractivity contribution in [3.8, 4) is 5.75 Å². The van der Waals surface area contributed by atoms with Crippen LogP contribution in [-0.2, 0) is 4.79 Å². The number of nitrogen functional groups attached to an aromatic ring is 1. The molecule has 3 N–H and O–H groups in total. The smallest absolute Gasteiger partial charge is 0.393 e. The third-order valence-corrected chi connectivity index (χ3v) is 2.79. The molecule has 0 unspecified atom stereocenters. The SMILES string of the molecule is CCOc1ccc(N)c(SC(F)(F)C(=O)O)c1. The molecule has 1 rings (SSSR count). The second-order valence-electron chi connectivity index (χ2n) is 3.06. The van der Waals surface area contributed by atoms with E-state index in [4.69, 9.17) is 15.6 Å². The molecule has 0 aliphatic rings. The molecule has 0 saturated carbocycles. The summed E-state index contributed by atoms with van der Waals surface area (Å²) >= 11 is -0.117. The molecule has 0 radical (unpaired) electrons. The largest absolute Gasteiger partial charge is 0.494 e. The van der Waals surface area contributed by atoms with Gasteiger partial charge in [0, 0.05) is 10.6 Å². The molecular formula is C10H11F2NO3S. The van der Waals surface area contributed by atoms with Crippen molar-refractivity contribution in [2.45, 2.75) is 17.1 Å². The van der Waals surface area contributed by atoms with Crippen molar-refractivity contribution in [2.75, 3.05) is 12.3 Å². The van der Waals surface area contributed by atoms with Gasteiger partial charge in [-0.25, -0.2) is 4.79 Å². The number of rotatable bonds is 5. The number of nitrogens with two attached hydrogens (primary N) is 1. The number of hydrogen-bond acceptors (Lipinski definition) is 4. The summed E-state index contributed by atoms with van der Waals surface area (Å²) < 4.78 is 31.1. The Morgan fingerprint density at radius 3 is 2.76 bits per heavy atom. The zero-order valence-electron chi connectivity index (χ0n) is 8.94. The minimum Gasteiger partial charge on any atom is -0.494 e. The maximum atomic E-state index is 13.0. The van der Waals surface area contributed by atoms with Crippen molar-refractivity contribution >= 4 is 23.4 Å². The highest BCUT2D eigenvalue weighted by Crippen LogP contribution is 2.40. The van der Waals surface area contributed by atoms with Gasteiger partial charge >= 0.3 is 11.2 Å². The van der Waals surface area contributed by atoms with Gasteiger partial charge in [0.2, 0.25) is 0 Å². The summed E-state index contributed by atoms with van der Waals surface area (Å²) in [5, 5.41) is 4.41. The Morgan fingerprint density at radius 1 is 1.59 bits per heavy atom. The number of benzene rings is 1. The van der Waals surface area contributed by atoms with Crippen molar-refractivity contribution in [3.63, 3.8) is 0 Å². The van der Waals surface area contributed by atoms with E-state index in [0.717, 1.165) is 0 Å². The number of ether oxygens (including phenoxy) is 1. The van der Waals surface area contributed by atoms with Gasteiger partial charge in [-0.1, -0.05) is 0 Å². The molecule has 0 saturated heterocycles. The standard InChI is InChI=1S/C10H11F2NO3S/c1-2-16-6-3-4-7(13)8(5-6)17-10(11,12)9(14)15/h3-5H,2,13H2,1H3,(H,14,15). The fourth-order valence-corrected chi connectivity index (χ4v) is 1.77. The van der Waals surface area contributed by atoms with Gasteiger partial charge in [0.25, 0.3) is 0 Å². The number of alkyl halides is 2. The predicted octanol–water partition coefficient (Wildman–Crippen LogP) is 2.44. The fourth-order valence-electron chi connectivity index (χ4n) is 1.04. The monoisotopic (exact) mass is 263 g/mol. The Morgan fingerprint density at radius 2 is 2.24 bits per heavy atom. The molecule has 0 fully saturated rings. The summed E-state index contributed by atoms with van der Waals surface area (Å²) in [7, 11) is 0. The average Bonchev–Trinajstić information content (AvgIpc) is 2.23. The molecule has 4 nitrogen and oxygen atoms in total. The molecular weight excluding hydrogens is 252 g/mol. The lowest BCUT2D eigenvalue weighted by molar-refractivity contribution is -0.152. The summed E-state index contributed by atoms with van der Waals surface area (Å²) in [5.41, 5.74) is 5.57. The molecule has 0 heterocycles. The second kappa shape index (κ2) is 5.22. The molecule has 1 aromatic carbocycles. The van der Waals surface area contributed by atoms with Crippen LogP contribution >= 0.6 is 11.8 Å². The van der Waals surface area contributed by atoms with E-state index in [-0.39, 0.29) is 22.3 Å². The highest BCUT2D eigenvalue weighted by Gasteiger charge is 2.40. The number of carboxylic acids is 1. The number of carbonyl (C=O) groups is 1. The van der Waals surface area contributed by atoms with Crippen LogP contribution in [0.15, 0.2) is 23.1 Å². The summed E-state index contributed by atoms with van der Waals surface area (Å²) in [4.78, 5) is 10.3. The van der Waals surface area contributed by atoms with E-state index in [1.807, 2.05) is 0 Å². The van der Waals surface area contributed by atoms with E-state index >= 15 is 0 Å². The van der Waals surface area contributed by atoms with Gasteiger partial charge in [0.15, 0.2) is 0 Å². The molecule has 0 aromatic heterocycles. The maximum Gasteiger partial charge on any atom is 0.393 e. The molecule has 17 heavy (non-hydrogen) atoms. The van der Waals surface area contributed by atoms with Crippen LogP contribution in [0.25, 0.3) is 0 Å². The zero-order valence-corrected chi connectivity index (χ0v) is 9.76. The number of halogens is 2. The number of hydrogen-bond donors (Lipinski definition) is 2. The van der Waals surface area contributed by atoms with Crippen LogP contribution in [0.2, 0.25) is 0 Å². The molecule has 0 aliphatic heterocycles. The Labute approximate surface area is 101 Å². The number of aliphatic carboxylic acids is 1. The summed E-state index contributed by atoms with van der Waals surface area (Å²) in [6.07, 6.45) is 0. The first-order valence-electron chi connectivity index (χ1n) is 4.69. The van der Waals surface area contributed by atoms with Crippen molar-refractivity contribution in [2.24, 2.45) is 0 Å². The normalized spacial score (nSPS) is 11.2. The van der Waals surface area contributed by atoms with Crippen molar-refractivity contribution < 1.29 is 23.4 Å². The first kappa shape index (κ1) is 13.6. The van der Waals surface area contributed by atoms with Crippen LogP contribution in [-0.4, -0.2) is 22.9 Å². The van der Waals surface area contributed by atoms with E-state index in [0.29, 0.717) is 12.4 Å². The first-order valence-corrected chi connectivity index (χ1v) is 5.51. The van der Waals surface area contributed by atoms with E-state index in [2.05, 4.69) is 0 Å². The van der Waals surface area contributed by atoms with Gasteiger partial charge in [-0.2, -0.15) is 8.78 Å². The molecule has 0 amide bonds.